The van der Waals surface area contributed by atoms with Crippen molar-refractivity contribution in [3.05, 3.63) is 320 Å². The summed E-state index contributed by atoms with van der Waals surface area (Å²) >= 11 is 0. The number of furan rings is 1. The van der Waals surface area contributed by atoms with E-state index in [2.05, 4.69) is 88.6 Å². The zero-order chi connectivity index (χ0) is 81.4. The van der Waals surface area contributed by atoms with Gasteiger partial charge < -0.3 is 23.4 Å². The van der Waals surface area contributed by atoms with E-state index in [0.29, 0.717) is 67.1 Å². The van der Waals surface area contributed by atoms with Gasteiger partial charge in [0.05, 0.1) is 58.1 Å². The van der Waals surface area contributed by atoms with Crippen LogP contribution in [0.4, 0.5) is 34.1 Å². The predicted molar refractivity (Wildman–Crippen MR) is 416 cm³/mol. The molecular formula is C92H69BN4O. The van der Waals surface area contributed by atoms with Crippen LogP contribution < -0.4 is 26.2 Å². The zero-order valence-electron chi connectivity index (χ0n) is 72.3. The molecule has 2 aliphatic rings. The van der Waals surface area contributed by atoms with Gasteiger partial charge in [0.2, 0.25) is 0 Å². The zero-order valence-corrected chi connectivity index (χ0v) is 54.3. The SMILES string of the molecule is [2H]c1c([2H])c([2H])c(-c2ccc3c(c2)N(c2cc(-c4ccccc4)cc(-c4ccccc4)c2)c2cc(-c4c([2H])c([2H])c([2H])c([2H])c4[2H])cc4c2B3c2ccc(-n3c5c([2H])c([2H])c([2H])c([2H])c5c5c([2H])c([2H])c([2H])c([2H])c53)cc2N4c2cccc3c2oc2c(-n4c5ccc(C(C)(C)C)cc5c5cc(C(C)(C)C)ccc54)cccc23)c([2H])c1[2H]. The third kappa shape index (κ3) is 9.01. The molecule has 0 unspecified atom stereocenters. The number of para-hydroxylation sites is 4. The molecule has 5 heterocycles. The largest absolute Gasteiger partial charge is 0.452 e. The second-order valence-corrected chi connectivity index (χ2v) is 27.5. The Kier molecular flexibility index (Phi) is 9.33. The first-order chi connectivity index (χ1) is 55.3. The van der Waals surface area contributed by atoms with Crippen molar-refractivity contribution >= 4 is 123 Å². The standard InChI is InChI=1S/C92H69BN4O/c1-91(2,3)66-42-47-80-74(55-66)75-56-67(92(4,5)6)43-48-81(75)96(80)82-39-23-35-72-73-36-24-40-83(90(73)98-89(72)82)97-85-57-68(94-78-37-21-19-33-70(78)71-34-20-22-38-79(71)94)44-46-77(85)93-76-45-41-62(58-25-11-7-12-26-58)52-84(76)95(86-53-65(54-87(97)88(86)93)61-31-17-10-18-32-61)69-50-63(59-27-13-8-14-28-59)49-64(51-69)60-29-15-9-16-30-60/h7-57H,1-6H3/i7D,10D,11D,12D,17D,18D,19D,20D,21D,22D,25D,26D,31D,32D,33D,34D,37D,38D. The molecule has 0 spiro atoms. The molecule has 0 atom stereocenters. The number of fused-ring (bicyclic) bond motifs is 13. The van der Waals surface area contributed by atoms with Gasteiger partial charge in [0.15, 0.2) is 11.2 Å². The third-order valence-corrected chi connectivity index (χ3v) is 19.8. The van der Waals surface area contributed by atoms with Crippen LogP contribution in [-0.4, -0.2) is 15.8 Å². The van der Waals surface area contributed by atoms with Crippen molar-refractivity contribution in [1.82, 2.24) is 9.13 Å². The van der Waals surface area contributed by atoms with Gasteiger partial charge in [-0.25, -0.2) is 0 Å². The summed E-state index contributed by atoms with van der Waals surface area (Å²) in [6.07, 6.45) is 0. The minimum atomic E-state index is -0.886. The summed E-state index contributed by atoms with van der Waals surface area (Å²) in [6.45, 7) is 12.3. The second kappa shape index (κ2) is 21.8. The van der Waals surface area contributed by atoms with Crippen LogP contribution in [0.25, 0.3) is 121 Å². The first-order valence-corrected chi connectivity index (χ1v) is 32.9. The molecule has 14 aromatic carbocycles. The van der Waals surface area contributed by atoms with E-state index in [-0.39, 0.29) is 60.6 Å². The summed E-state index contributed by atoms with van der Waals surface area (Å²) in [4.78, 5) is 4.03. The molecule has 3 aromatic heterocycles. The van der Waals surface area contributed by atoms with Crippen LogP contribution in [0, 0.1) is 0 Å². The van der Waals surface area contributed by atoms with Gasteiger partial charge >= 0.3 is 0 Å². The lowest BCUT2D eigenvalue weighted by atomic mass is 9.33. The van der Waals surface area contributed by atoms with E-state index in [9.17, 15) is 16.4 Å². The molecule has 17 aromatic rings. The highest BCUT2D eigenvalue weighted by Crippen LogP contribution is 2.52. The lowest BCUT2D eigenvalue weighted by molar-refractivity contribution is 0.590. The lowest BCUT2D eigenvalue weighted by Crippen LogP contribution is -2.61. The maximum atomic E-state index is 9.90. The number of anilines is 6. The molecule has 0 fully saturated rings. The van der Waals surface area contributed by atoms with Crippen LogP contribution in [0.15, 0.2) is 313 Å². The highest BCUT2D eigenvalue weighted by atomic mass is 16.3. The number of benzene rings is 14. The van der Waals surface area contributed by atoms with Gasteiger partial charge in [0.1, 0.15) is 0 Å². The summed E-state index contributed by atoms with van der Waals surface area (Å²) in [6, 6.07) is 55.7. The fourth-order valence-corrected chi connectivity index (χ4v) is 15.1. The molecule has 0 saturated heterocycles. The molecule has 0 bridgehead atoms. The molecule has 98 heavy (non-hydrogen) atoms. The molecule has 6 heteroatoms. The average Bonchev–Trinajstić information content (AvgIpc) is 0.794. The van der Waals surface area contributed by atoms with E-state index in [4.69, 9.17) is 12.6 Å². The Labute approximate surface area is 596 Å². The van der Waals surface area contributed by atoms with Gasteiger partial charge in [-0.05, 0) is 180 Å². The summed E-state index contributed by atoms with van der Waals surface area (Å²) in [7, 11) is 0. The molecule has 0 radical (unpaired) electrons. The Hall–Kier alpha value is -11.9. The highest BCUT2D eigenvalue weighted by molar-refractivity contribution is 7.00. The van der Waals surface area contributed by atoms with Gasteiger partial charge in [-0.2, -0.15) is 0 Å². The van der Waals surface area contributed by atoms with Crippen LogP contribution in [0.1, 0.15) is 77.3 Å². The Balaban J connectivity index is 0.983. The maximum Gasteiger partial charge on any atom is 0.252 e. The Morgan fingerprint density at radius 3 is 1.35 bits per heavy atom. The van der Waals surface area contributed by atoms with Gasteiger partial charge in [-0.1, -0.05) is 253 Å². The summed E-state index contributed by atoms with van der Waals surface area (Å²) in [5, 5.41) is 3.29. The van der Waals surface area contributed by atoms with Crippen molar-refractivity contribution in [2.75, 3.05) is 9.80 Å². The molecular weight excluding hydrogens is 1190 g/mol. The molecule has 5 nitrogen and oxygen atoms in total. The molecule has 0 N–H and O–H groups in total. The smallest absolute Gasteiger partial charge is 0.252 e. The summed E-state index contributed by atoms with van der Waals surface area (Å²) in [5.41, 5.74) is 13.5. The van der Waals surface area contributed by atoms with E-state index in [1.807, 2.05) is 149 Å². The predicted octanol–water partition coefficient (Wildman–Crippen LogP) is 23.1. The summed E-state index contributed by atoms with van der Waals surface area (Å²) < 4.78 is 179. The number of aromatic nitrogens is 2. The lowest BCUT2D eigenvalue weighted by Gasteiger charge is -2.44. The van der Waals surface area contributed by atoms with Crippen molar-refractivity contribution in [3.63, 3.8) is 0 Å². The molecule has 0 saturated carbocycles. The Morgan fingerprint density at radius 1 is 0.296 bits per heavy atom. The van der Waals surface area contributed by atoms with Crippen molar-refractivity contribution in [2.45, 2.75) is 52.4 Å². The number of hydrogen-bond acceptors (Lipinski definition) is 3. The quantitative estimate of drug-likeness (QED) is 0.142. The Bertz CT molecular complexity index is 6980. The van der Waals surface area contributed by atoms with Crippen LogP contribution in [-0.2, 0) is 10.8 Å². The van der Waals surface area contributed by atoms with E-state index in [1.165, 1.54) is 4.57 Å². The fourth-order valence-electron chi connectivity index (χ4n) is 15.1. The Morgan fingerprint density at radius 2 is 0.776 bits per heavy atom. The number of nitrogens with zero attached hydrogens (tertiary/aromatic N) is 4. The van der Waals surface area contributed by atoms with Crippen LogP contribution in [0.5, 0.6) is 0 Å². The molecule has 2 aliphatic heterocycles. The minimum Gasteiger partial charge on any atom is -0.452 e. The topological polar surface area (TPSA) is 29.5 Å². The first kappa shape index (κ1) is 41.9. The highest BCUT2D eigenvalue weighted by Gasteiger charge is 2.45. The maximum absolute atomic E-state index is 9.90. The van der Waals surface area contributed by atoms with Gasteiger partial charge in [-0.3, -0.25) is 0 Å². The molecule has 0 aliphatic carbocycles. The van der Waals surface area contributed by atoms with Crippen molar-refractivity contribution in [1.29, 1.82) is 0 Å². The minimum absolute atomic E-state index is 0.0762. The van der Waals surface area contributed by atoms with Crippen molar-refractivity contribution < 1.29 is 29.1 Å². The van der Waals surface area contributed by atoms with E-state index >= 15 is 0 Å². The van der Waals surface area contributed by atoms with E-state index < -0.39 is 115 Å². The van der Waals surface area contributed by atoms with Crippen LogP contribution >= 0.6 is 0 Å². The van der Waals surface area contributed by atoms with Crippen molar-refractivity contribution in [2.24, 2.45) is 0 Å². The van der Waals surface area contributed by atoms with Gasteiger partial charge in [-0.15, -0.1) is 0 Å². The molecule has 0 amide bonds. The molecule has 19 rings (SSSR count). The van der Waals surface area contributed by atoms with Gasteiger partial charge in [0, 0.05) is 66.4 Å². The molecule has 466 valence electrons. The average molecular weight is 1280 g/mol. The fraction of sp³-hybridized carbons (Fsp3) is 0.0870. The van der Waals surface area contributed by atoms with Crippen LogP contribution in [0.2, 0.25) is 0 Å². The van der Waals surface area contributed by atoms with Crippen LogP contribution in [0.3, 0.4) is 0 Å². The second-order valence-electron chi connectivity index (χ2n) is 27.5. The van der Waals surface area contributed by atoms with E-state index in [1.54, 1.807) is 18.2 Å². The third-order valence-electron chi connectivity index (χ3n) is 19.8. The summed E-state index contributed by atoms with van der Waals surface area (Å²) in [5.74, 6) is 0. The normalized spacial score (nSPS) is 15.5. The number of rotatable bonds is 8. The van der Waals surface area contributed by atoms with E-state index in [0.717, 1.165) is 66.3 Å². The van der Waals surface area contributed by atoms with Gasteiger partial charge in [0.25, 0.3) is 6.71 Å². The number of hydrogen-bond donors (Lipinski definition) is 0. The monoisotopic (exact) mass is 1270 g/mol. The van der Waals surface area contributed by atoms with Crippen molar-refractivity contribution in [3.8, 4) is 55.9 Å². The first-order valence-electron chi connectivity index (χ1n) is 41.9.